The smallest absolute Gasteiger partial charge is 0.141 e. The maximum atomic E-state index is 6.07. The van der Waals surface area contributed by atoms with E-state index in [9.17, 15) is 0 Å². The maximum Gasteiger partial charge on any atom is 0.141 e. The monoisotopic (exact) mass is 347 g/mol. The number of aryl methyl sites for hydroxylation is 1. The van der Waals surface area contributed by atoms with Crippen molar-refractivity contribution in [1.82, 2.24) is 5.32 Å². The lowest BCUT2D eigenvalue weighted by Gasteiger charge is -2.22. The molecule has 0 aliphatic rings. The van der Waals surface area contributed by atoms with Gasteiger partial charge in [-0.1, -0.05) is 29.8 Å². The normalized spacial score (nSPS) is 11.5. The lowest BCUT2D eigenvalue weighted by molar-refractivity contribution is 0.414. The highest BCUT2D eigenvalue weighted by atomic mass is 79.9. The van der Waals surface area contributed by atoms with Gasteiger partial charge in [0.05, 0.1) is 4.47 Å². The van der Waals surface area contributed by atoms with Crippen molar-refractivity contribution in [3.8, 4) is 11.5 Å². The van der Waals surface area contributed by atoms with Crippen LogP contribution in [0.2, 0.25) is 0 Å². The molecule has 0 saturated heterocycles. The summed E-state index contributed by atoms with van der Waals surface area (Å²) >= 11 is 3.52. The Balaban J connectivity index is 2.25. The molecule has 0 atom stereocenters. The molecule has 0 amide bonds. The van der Waals surface area contributed by atoms with Gasteiger partial charge < -0.3 is 10.1 Å². The molecule has 112 valence electrons. The van der Waals surface area contributed by atoms with Gasteiger partial charge in [-0.25, -0.2) is 0 Å². The minimum absolute atomic E-state index is 0.0777. The number of nitrogens with one attached hydrogen (secondary N) is 1. The molecule has 0 spiro atoms. The first kappa shape index (κ1) is 16.1. The summed E-state index contributed by atoms with van der Waals surface area (Å²) in [6.45, 7) is 9.37. The minimum Gasteiger partial charge on any atom is -0.456 e. The quantitative estimate of drug-likeness (QED) is 0.795. The van der Waals surface area contributed by atoms with Gasteiger partial charge >= 0.3 is 0 Å². The van der Waals surface area contributed by atoms with Gasteiger partial charge in [-0.2, -0.15) is 0 Å². The summed E-state index contributed by atoms with van der Waals surface area (Å²) in [7, 11) is 0. The molecule has 3 heteroatoms. The molecule has 0 radical (unpaired) electrons. The van der Waals surface area contributed by atoms with Crippen LogP contribution in [0.25, 0.3) is 0 Å². The summed E-state index contributed by atoms with van der Waals surface area (Å²) in [6.07, 6.45) is 0. The summed E-state index contributed by atoms with van der Waals surface area (Å²) in [5.41, 5.74) is 2.48. The summed E-state index contributed by atoms with van der Waals surface area (Å²) in [5.74, 6) is 1.72. The van der Waals surface area contributed by atoms with Crippen molar-refractivity contribution < 1.29 is 4.74 Å². The molecular formula is C18H22BrNO. The van der Waals surface area contributed by atoms with E-state index in [0.29, 0.717) is 0 Å². The molecule has 0 aliphatic heterocycles. The van der Waals surface area contributed by atoms with Crippen molar-refractivity contribution in [2.24, 2.45) is 0 Å². The number of ether oxygens (including phenoxy) is 1. The Morgan fingerprint density at radius 1 is 1.05 bits per heavy atom. The van der Waals surface area contributed by atoms with Gasteiger partial charge in [0.2, 0.25) is 0 Å². The van der Waals surface area contributed by atoms with E-state index in [4.69, 9.17) is 4.74 Å². The minimum atomic E-state index is 0.0777. The Morgan fingerprint density at radius 3 is 2.43 bits per heavy atom. The molecule has 1 N–H and O–H groups in total. The Hall–Kier alpha value is -1.32. The summed E-state index contributed by atoms with van der Waals surface area (Å²) in [5, 5.41) is 3.51. The van der Waals surface area contributed by atoms with Gasteiger partial charge in [-0.05, 0) is 61.8 Å². The van der Waals surface area contributed by atoms with Crippen molar-refractivity contribution in [3.63, 3.8) is 0 Å². The molecule has 0 bridgehead atoms. The number of hydrogen-bond acceptors (Lipinski definition) is 2. The van der Waals surface area contributed by atoms with Crippen LogP contribution in [0.15, 0.2) is 46.9 Å². The van der Waals surface area contributed by atoms with E-state index < -0.39 is 0 Å². The zero-order valence-electron chi connectivity index (χ0n) is 13.0. The Bertz CT molecular complexity index is 617. The van der Waals surface area contributed by atoms with Gasteiger partial charge in [0.1, 0.15) is 11.5 Å². The van der Waals surface area contributed by atoms with E-state index in [-0.39, 0.29) is 5.54 Å². The van der Waals surface area contributed by atoms with Gasteiger partial charge in [-0.3, -0.25) is 0 Å². The highest BCUT2D eigenvalue weighted by molar-refractivity contribution is 9.10. The van der Waals surface area contributed by atoms with E-state index in [1.165, 1.54) is 11.1 Å². The van der Waals surface area contributed by atoms with E-state index in [1.54, 1.807) is 0 Å². The van der Waals surface area contributed by atoms with Crippen molar-refractivity contribution >= 4 is 15.9 Å². The molecule has 0 aromatic heterocycles. The van der Waals surface area contributed by atoms with Crippen LogP contribution in [-0.2, 0) is 6.54 Å². The third-order valence-corrected chi connectivity index (χ3v) is 3.74. The molecular weight excluding hydrogens is 326 g/mol. The van der Waals surface area contributed by atoms with Crippen molar-refractivity contribution in [2.45, 2.75) is 39.8 Å². The second-order valence-corrected chi connectivity index (χ2v) is 7.10. The Morgan fingerprint density at radius 2 is 1.76 bits per heavy atom. The number of benzene rings is 2. The molecule has 0 saturated carbocycles. The average Bonchev–Trinajstić information content (AvgIpc) is 2.40. The van der Waals surface area contributed by atoms with Gasteiger partial charge in [-0.15, -0.1) is 0 Å². The van der Waals surface area contributed by atoms with Gasteiger partial charge in [0.15, 0.2) is 0 Å². The first-order valence-corrected chi connectivity index (χ1v) is 7.91. The fourth-order valence-electron chi connectivity index (χ4n) is 1.95. The second kappa shape index (κ2) is 6.63. The van der Waals surface area contributed by atoms with Crippen LogP contribution in [0.1, 0.15) is 31.9 Å². The first-order valence-electron chi connectivity index (χ1n) is 7.12. The van der Waals surface area contributed by atoms with Crippen molar-refractivity contribution in [2.75, 3.05) is 0 Å². The average molecular weight is 348 g/mol. The molecule has 2 aromatic carbocycles. The van der Waals surface area contributed by atoms with E-state index >= 15 is 0 Å². The van der Waals surface area contributed by atoms with Gasteiger partial charge in [0, 0.05) is 17.6 Å². The fraction of sp³-hybridized carbons (Fsp3) is 0.333. The number of rotatable bonds is 4. The highest BCUT2D eigenvalue weighted by Gasteiger charge is 2.12. The lowest BCUT2D eigenvalue weighted by Crippen LogP contribution is -2.35. The molecule has 2 rings (SSSR count). The van der Waals surface area contributed by atoms with Crippen LogP contribution in [0.5, 0.6) is 11.5 Å². The topological polar surface area (TPSA) is 21.3 Å². The zero-order chi connectivity index (χ0) is 15.5. The molecule has 21 heavy (non-hydrogen) atoms. The van der Waals surface area contributed by atoms with Crippen LogP contribution in [-0.4, -0.2) is 5.54 Å². The largest absolute Gasteiger partial charge is 0.456 e. The Kier molecular flexibility index (Phi) is 5.07. The van der Waals surface area contributed by atoms with Crippen LogP contribution in [0, 0.1) is 6.92 Å². The number of hydrogen-bond donors (Lipinski definition) is 1. The third kappa shape index (κ3) is 4.87. The summed E-state index contributed by atoms with van der Waals surface area (Å²) in [4.78, 5) is 0. The number of para-hydroxylation sites is 1. The second-order valence-electron chi connectivity index (χ2n) is 6.25. The zero-order valence-corrected chi connectivity index (χ0v) is 14.6. The highest BCUT2D eigenvalue weighted by Crippen LogP contribution is 2.31. The van der Waals surface area contributed by atoms with Crippen molar-refractivity contribution in [3.05, 3.63) is 58.1 Å². The van der Waals surface area contributed by atoms with Crippen molar-refractivity contribution in [1.29, 1.82) is 0 Å². The van der Waals surface area contributed by atoms with Crippen LogP contribution >= 0.6 is 15.9 Å². The van der Waals surface area contributed by atoms with Gasteiger partial charge in [0.25, 0.3) is 0 Å². The molecule has 0 aliphatic carbocycles. The predicted molar refractivity (Wildman–Crippen MR) is 92.0 cm³/mol. The maximum absolute atomic E-state index is 6.07. The van der Waals surface area contributed by atoms with E-state index in [0.717, 1.165) is 22.5 Å². The van der Waals surface area contributed by atoms with Crippen LogP contribution < -0.4 is 10.1 Å². The summed E-state index contributed by atoms with van der Waals surface area (Å²) < 4.78 is 7.03. The summed E-state index contributed by atoms with van der Waals surface area (Å²) in [6, 6.07) is 14.2. The van der Waals surface area contributed by atoms with Crippen LogP contribution in [0.3, 0.4) is 0 Å². The Labute approximate surface area is 135 Å². The molecule has 2 aromatic rings. The standard InChI is InChI=1S/C18H22BrNO/c1-13-9-10-16(14(11-13)12-20-18(2,3)4)21-17-8-6-5-7-15(17)19/h5-11,20H,12H2,1-4H3. The lowest BCUT2D eigenvalue weighted by atomic mass is 10.1. The third-order valence-electron chi connectivity index (χ3n) is 3.08. The predicted octanol–water partition coefficient (Wildman–Crippen LogP) is 5.44. The molecule has 0 heterocycles. The van der Waals surface area contributed by atoms with E-state index in [2.05, 4.69) is 61.1 Å². The SMILES string of the molecule is Cc1ccc(Oc2ccccc2Br)c(CNC(C)(C)C)c1. The molecule has 2 nitrogen and oxygen atoms in total. The number of halogens is 1. The van der Waals surface area contributed by atoms with Crippen LogP contribution in [0.4, 0.5) is 0 Å². The molecule has 0 unspecified atom stereocenters. The van der Waals surface area contributed by atoms with E-state index in [1.807, 2.05) is 30.3 Å². The first-order chi connectivity index (χ1) is 9.85. The fourth-order valence-corrected chi connectivity index (χ4v) is 2.32. The molecule has 0 fully saturated rings.